The predicted octanol–water partition coefficient (Wildman–Crippen LogP) is 5.53. The minimum atomic E-state index is -1.27. The average Bonchev–Trinajstić information content (AvgIpc) is 2.99. The number of carbonyl (C=O) groups is 1. The molecule has 2 heterocycles. The molecule has 0 saturated heterocycles. The number of pyridine rings is 1. The van der Waals surface area contributed by atoms with Crippen molar-refractivity contribution in [2.45, 2.75) is 89.3 Å². The fourth-order valence-corrected chi connectivity index (χ4v) is 4.69. The van der Waals surface area contributed by atoms with Crippen LogP contribution < -0.4 is 9.47 Å². The van der Waals surface area contributed by atoms with Gasteiger partial charge in [-0.1, -0.05) is 25.7 Å². The molecule has 0 aromatic carbocycles. The third kappa shape index (κ3) is 5.24. The fraction of sp³-hybridized carbons (Fsp3) is 0.560. The Hall–Kier alpha value is -3.01. The highest BCUT2D eigenvalue weighted by atomic mass is 16.5. The highest BCUT2D eigenvalue weighted by Crippen LogP contribution is 2.32. The molecule has 0 amide bonds. The number of aromatic nitrogens is 2. The van der Waals surface area contributed by atoms with E-state index in [2.05, 4.69) is 0 Å². The molecule has 0 bridgehead atoms. The van der Waals surface area contributed by atoms with Crippen LogP contribution >= 0.6 is 0 Å². The van der Waals surface area contributed by atoms with Gasteiger partial charge in [-0.05, 0) is 69.6 Å². The Morgan fingerprint density at radius 2 is 1.62 bits per heavy atom. The summed E-state index contributed by atoms with van der Waals surface area (Å²) in [6, 6.07) is 5.53. The Bertz CT molecular complexity index is 1000. The van der Waals surface area contributed by atoms with Crippen LogP contribution in [0.3, 0.4) is 0 Å². The van der Waals surface area contributed by atoms with Crippen LogP contribution in [0.5, 0.6) is 11.6 Å². The largest absolute Gasteiger partial charge is 0.487 e. The molecule has 32 heavy (non-hydrogen) atoms. The van der Waals surface area contributed by atoms with Crippen molar-refractivity contribution in [3.63, 3.8) is 0 Å². The summed E-state index contributed by atoms with van der Waals surface area (Å²) in [5.41, 5.74) is 0.705. The minimum Gasteiger partial charge on any atom is -0.487 e. The van der Waals surface area contributed by atoms with Crippen LogP contribution in [0.25, 0.3) is 11.7 Å². The smallest absolute Gasteiger partial charge is 0.346 e. The first-order valence-electron chi connectivity index (χ1n) is 11.8. The van der Waals surface area contributed by atoms with Gasteiger partial charge in [0.25, 0.3) is 0 Å². The molecule has 2 aliphatic carbocycles. The summed E-state index contributed by atoms with van der Waals surface area (Å²) in [7, 11) is 0. The Morgan fingerprint density at radius 1 is 1.03 bits per heavy atom. The number of rotatable bonds is 6. The van der Waals surface area contributed by atoms with Crippen molar-refractivity contribution in [3.8, 4) is 17.7 Å². The maximum Gasteiger partial charge on any atom is 0.346 e. The van der Waals surface area contributed by atoms with Crippen molar-refractivity contribution in [1.82, 2.24) is 9.38 Å². The number of carboxylic acids is 1. The van der Waals surface area contributed by atoms with E-state index in [4.69, 9.17) is 14.5 Å². The molecule has 7 heteroatoms. The zero-order chi connectivity index (χ0) is 22.3. The van der Waals surface area contributed by atoms with E-state index in [9.17, 15) is 15.2 Å². The summed E-state index contributed by atoms with van der Waals surface area (Å²) >= 11 is 0. The van der Waals surface area contributed by atoms with Crippen molar-refractivity contribution in [2.24, 2.45) is 0 Å². The van der Waals surface area contributed by atoms with E-state index in [1.54, 1.807) is 10.5 Å². The first-order chi connectivity index (χ1) is 15.7. The number of imidazole rings is 1. The lowest BCUT2D eigenvalue weighted by Crippen LogP contribution is -2.16. The third-order valence-corrected chi connectivity index (χ3v) is 6.43. The van der Waals surface area contributed by atoms with Crippen LogP contribution in [0.4, 0.5) is 0 Å². The Kier molecular flexibility index (Phi) is 7.31. The van der Waals surface area contributed by atoms with Gasteiger partial charge in [0.2, 0.25) is 5.88 Å². The molecule has 0 unspecified atom stereocenters. The van der Waals surface area contributed by atoms with Gasteiger partial charge in [0, 0.05) is 6.20 Å². The molecule has 0 spiro atoms. The molecule has 1 N–H and O–H groups in total. The van der Waals surface area contributed by atoms with Crippen LogP contribution in [0.1, 0.15) is 82.7 Å². The van der Waals surface area contributed by atoms with Gasteiger partial charge in [0.15, 0.2) is 11.4 Å². The molecule has 0 atom stereocenters. The first-order valence-corrected chi connectivity index (χ1v) is 11.8. The maximum absolute atomic E-state index is 11.5. The molecule has 170 valence electrons. The van der Waals surface area contributed by atoms with Crippen molar-refractivity contribution >= 4 is 17.7 Å². The number of carboxylic acid groups (broad SMARTS) is 1. The zero-order valence-corrected chi connectivity index (χ0v) is 18.5. The van der Waals surface area contributed by atoms with Crippen LogP contribution in [0.2, 0.25) is 0 Å². The van der Waals surface area contributed by atoms with Crippen molar-refractivity contribution in [1.29, 1.82) is 5.26 Å². The number of nitrogens with zero attached hydrogens (tertiary/aromatic N) is 3. The predicted molar refractivity (Wildman–Crippen MR) is 121 cm³/mol. The second-order valence-electron chi connectivity index (χ2n) is 8.81. The summed E-state index contributed by atoms with van der Waals surface area (Å²) < 4.78 is 14.4. The van der Waals surface area contributed by atoms with Gasteiger partial charge in [0.1, 0.15) is 23.4 Å². The van der Waals surface area contributed by atoms with E-state index in [1.165, 1.54) is 31.8 Å². The van der Waals surface area contributed by atoms with Gasteiger partial charge in [-0.2, -0.15) is 10.2 Å². The van der Waals surface area contributed by atoms with E-state index < -0.39 is 5.97 Å². The normalized spacial score (nSPS) is 19.2. The number of aliphatic carboxylic acids is 1. The highest BCUT2D eigenvalue weighted by Gasteiger charge is 2.23. The molecule has 0 aliphatic heterocycles. The topological polar surface area (TPSA) is 96.9 Å². The van der Waals surface area contributed by atoms with Gasteiger partial charge in [-0.3, -0.25) is 4.40 Å². The second kappa shape index (κ2) is 10.5. The Balaban J connectivity index is 1.73. The summed E-state index contributed by atoms with van der Waals surface area (Å²) in [5, 5.41) is 18.7. The molecule has 7 nitrogen and oxygen atoms in total. The van der Waals surface area contributed by atoms with E-state index in [-0.39, 0.29) is 17.8 Å². The Morgan fingerprint density at radius 3 is 2.19 bits per heavy atom. The SMILES string of the molecule is N#CC(=Cc1c(OC2CCCCCC2)nc2c(OC3CCCCCC3)cccn12)C(=O)O. The average molecular weight is 438 g/mol. The molecule has 4 rings (SSSR count). The molecule has 2 aliphatic rings. The number of nitriles is 1. The lowest BCUT2D eigenvalue weighted by molar-refractivity contribution is -0.132. The first kappa shape index (κ1) is 22.2. The minimum absolute atomic E-state index is 0.0381. The van der Waals surface area contributed by atoms with Gasteiger partial charge < -0.3 is 14.6 Å². The standard InChI is InChI=1S/C25H31N3O4/c26-17-18(25(29)30)16-21-24(32-20-12-7-3-4-8-13-20)27-23-22(14-9-15-28(21)23)31-19-10-5-1-2-6-11-19/h9,14-16,19-20H,1-8,10-13H2,(H,29,30). The molecule has 2 saturated carbocycles. The maximum atomic E-state index is 11.5. The molecular weight excluding hydrogens is 406 g/mol. The van der Waals surface area contributed by atoms with Crippen LogP contribution in [-0.4, -0.2) is 32.7 Å². The highest BCUT2D eigenvalue weighted by molar-refractivity contribution is 5.96. The summed E-state index contributed by atoms with van der Waals surface area (Å²) in [6.07, 6.45) is 16.7. The van der Waals surface area contributed by atoms with Crippen LogP contribution in [-0.2, 0) is 4.79 Å². The number of hydrogen-bond donors (Lipinski definition) is 1. The van der Waals surface area contributed by atoms with Crippen LogP contribution in [0.15, 0.2) is 23.9 Å². The Labute approximate surface area is 188 Å². The van der Waals surface area contributed by atoms with Gasteiger partial charge in [0.05, 0.1) is 6.10 Å². The zero-order valence-electron chi connectivity index (χ0n) is 18.5. The van der Waals surface area contributed by atoms with Gasteiger partial charge >= 0.3 is 5.97 Å². The molecule has 2 aromatic heterocycles. The van der Waals surface area contributed by atoms with E-state index in [0.717, 1.165) is 51.4 Å². The van der Waals surface area contributed by atoms with Gasteiger partial charge in [-0.25, -0.2) is 4.79 Å². The van der Waals surface area contributed by atoms with E-state index in [1.807, 2.05) is 18.3 Å². The van der Waals surface area contributed by atoms with E-state index >= 15 is 0 Å². The summed E-state index contributed by atoms with van der Waals surface area (Å²) in [5.74, 6) is -0.241. The van der Waals surface area contributed by atoms with Crippen LogP contribution in [0, 0.1) is 11.3 Å². The van der Waals surface area contributed by atoms with Crippen molar-refractivity contribution in [3.05, 3.63) is 29.6 Å². The lowest BCUT2D eigenvalue weighted by Gasteiger charge is -2.17. The van der Waals surface area contributed by atoms with Crippen molar-refractivity contribution in [2.75, 3.05) is 0 Å². The number of hydrogen-bond acceptors (Lipinski definition) is 5. The lowest BCUT2D eigenvalue weighted by atomic mass is 10.1. The molecule has 2 fully saturated rings. The quantitative estimate of drug-likeness (QED) is 0.363. The summed E-state index contributed by atoms with van der Waals surface area (Å²) in [4.78, 5) is 16.3. The third-order valence-electron chi connectivity index (χ3n) is 6.43. The number of ether oxygens (including phenoxy) is 2. The monoisotopic (exact) mass is 437 g/mol. The molecule has 2 aromatic rings. The second-order valence-corrected chi connectivity index (χ2v) is 8.81. The van der Waals surface area contributed by atoms with Gasteiger partial charge in [-0.15, -0.1) is 0 Å². The number of fused-ring (bicyclic) bond motifs is 1. The fourth-order valence-electron chi connectivity index (χ4n) is 4.69. The van der Waals surface area contributed by atoms with Crippen molar-refractivity contribution < 1.29 is 19.4 Å². The molecular formula is C25H31N3O4. The molecule has 0 radical (unpaired) electrons. The summed E-state index contributed by atoms with van der Waals surface area (Å²) in [6.45, 7) is 0. The van der Waals surface area contributed by atoms with E-state index in [0.29, 0.717) is 23.0 Å².